The third kappa shape index (κ3) is 4.54. The van der Waals surface area contributed by atoms with E-state index in [0.29, 0.717) is 0 Å². The highest BCUT2D eigenvalue weighted by Crippen LogP contribution is 2.24. The fourth-order valence-electron chi connectivity index (χ4n) is 1.40. The average Bonchev–Trinajstić information content (AvgIpc) is 2.26. The maximum Gasteiger partial charge on any atom is 0.0992 e. The van der Waals surface area contributed by atoms with Crippen LogP contribution in [0.3, 0.4) is 0 Å². The lowest BCUT2D eigenvalue weighted by Gasteiger charge is -2.12. The first-order chi connectivity index (χ1) is 7.63. The van der Waals surface area contributed by atoms with Crippen molar-refractivity contribution in [2.24, 2.45) is 11.7 Å². The molecule has 0 saturated heterocycles. The Morgan fingerprint density at radius 1 is 1.44 bits per heavy atom. The number of pyridine rings is 1. The zero-order valence-electron chi connectivity index (χ0n) is 10.4. The molecule has 3 heteroatoms. The van der Waals surface area contributed by atoms with Gasteiger partial charge < -0.3 is 5.73 Å². The summed E-state index contributed by atoms with van der Waals surface area (Å²) in [6.07, 6.45) is 4.00. The van der Waals surface area contributed by atoms with E-state index in [4.69, 9.17) is 5.73 Å². The van der Waals surface area contributed by atoms with Gasteiger partial charge in [0.2, 0.25) is 0 Å². The monoisotopic (exact) mass is 238 g/mol. The van der Waals surface area contributed by atoms with Crippen LogP contribution in [0.5, 0.6) is 0 Å². The van der Waals surface area contributed by atoms with Crippen molar-refractivity contribution in [3.8, 4) is 0 Å². The van der Waals surface area contributed by atoms with E-state index in [2.05, 4.69) is 24.9 Å². The normalized spacial score (nSPS) is 14.8. The second-order valence-corrected chi connectivity index (χ2v) is 5.48. The summed E-state index contributed by atoms with van der Waals surface area (Å²) < 4.78 is 0. The van der Waals surface area contributed by atoms with Gasteiger partial charge >= 0.3 is 0 Å². The van der Waals surface area contributed by atoms with Crippen LogP contribution in [0.15, 0.2) is 23.4 Å². The predicted octanol–water partition coefficient (Wildman–Crippen LogP) is 3.11. The van der Waals surface area contributed by atoms with E-state index in [9.17, 15) is 0 Å². The Morgan fingerprint density at radius 3 is 2.81 bits per heavy atom. The van der Waals surface area contributed by atoms with Crippen LogP contribution in [0.2, 0.25) is 0 Å². The summed E-state index contributed by atoms with van der Waals surface area (Å²) in [6, 6.07) is 4.33. The van der Waals surface area contributed by atoms with Crippen LogP contribution in [-0.4, -0.2) is 16.8 Å². The summed E-state index contributed by atoms with van der Waals surface area (Å²) in [7, 11) is 0. The molecular formula is C13H22N2S. The van der Waals surface area contributed by atoms with Crippen molar-refractivity contribution in [1.29, 1.82) is 0 Å². The van der Waals surface area contributed by atoms with E-state index >= 15 is 0 Å². The summed E-state index contributed by atoms with van der Waals surface area (Å²) in [4.78, 5) is 4.45. The molecule has 0 bridgehead atoms. The number of aromatic nitrogens is 1. The van der Waals surface area contributed by atoms with Gasteiger partial charge in [0.25, 0.3) is 0 Å². The minimum absolute atomic E-state index is 0.201. The summed E-state index contributed by atoms with van der Waals surface area (Å²) in [5, 5.41) is 1.15. The van der Waals surface area contributed by atoms with Gasteiger partial charge in [-0.2, -0.15) is 0 Å². The van der Waals surface area contributed by atoms with Gasteiger partial charge in [-0.25, -0.2) is 4.98 Å². The highest BCUT2D eigenvalue weighted by atomic mass is 32.2. The van der Waals surface area contributed by atoms with E-state index in [0.717, 1.165) is 23.1 Å². The number of thioether (sulfide) groups is 1. The molecule has 0 aliphatic carbocycles. The number of hydrogen-bond donors (Lipinski definition) is 1. The molecule has 1 rings (SSSR count). The Bertz CT molecular complexity index is 313. The minimum Gasteiger partial charge on any atom is -0.328 e. The van der Waals surface area contributed by atoms with Crippen molar-refractivity contribution < 1.29 is 0 Å². The van der Waals surface area contributed by atoms with E-state index in [1.54, 1.807) is 0 Å². The predicted molar refractivity (Wildman–Crippen MR) is 71.8 cm³/mol. The zero-order valence-corrected chi connectivity index (χ0v) is 11.3. The van der Waals surface area contributed by atoms with Gasteiger partial charge in [-0.3, -0.25) is 0 Å². The fourth-order valence-corrected chi connectivity index (χ4v) is 2.55. The highest BCUT2D eigenvalue weighted by Gasteiger charge is 2.08. The second kappa shape index (κ2) is 6.92. The van der Waals surface area contributed by atoms with Gasteiger partial charge in [-0.1, -0.05) is 26.3 Å². The molecule has 2 N–H and O–H groups in total. The summed E-state index contributed by atoms with van der Waals surface area (Å²) in [5.41, 5.74) is 7.12. The molecule has 2 atom stereocenters. The first kappa shape index (κ1) is 13.5. The third-order valence-electron chi connectivity index (χ3n) is 2.59. The van der Waals surface area contributed by atoms with Gasteiger partial charge in [-0.15, -0.1) is 11.8 Å². The molecule has 0 saturated carbocycles. The Hall–Kier alpha value is -0.540. The van der Waals surface area contributed by atoms with E-state index in [1.807, 2.05) is 30.9 Å². The lowest BCUT2D eigenvalue weighted by molar-refractivity contribution is 0.636. The molecule has 0 aliphatic rings. The molecule has 0 amide bonds. The summed E-state index contributed by atoms with van der Waals surface area (Å²) >= 11 is 1.86. The van der Waals surface area contributed by atoms with Gasteiger partial charge in [0, 0.05) is 18.0 Å². The molecule has 0 spiro atoms. The van der Waals surface area contributed by atoms with Crippen LogP contribution in [0.25, 0.3) is 0 Å². The topological polar surface area (TPSA) is 38.9 Å². The second-order valence-electron chi connectivity index (χ2n) is 4.47. The van der Waals surface area contributed by atoms with Crippen molar-refractivity contribution in [3.05, 3.63) is 23.9 Å². The third-order valence-corrected chi connectivity index (χ3v) is 3.97. The van der Waals surface area contributed by atoms with Crippen molar-refractivity contribution in [1.82, 2.24) is 4.98 Å². The van der Waals surface area contributed by atoms with E-state index in [1.165, 1.54) is 12.0 Å². The molecule has 0 fully saturated rings. The lowest BCUT2D eigenvalue weighted by Crippen LogP contribution is -2.18. The van der Waals surface area contributed by atoms with Crippen molar-refractivity contribution >= 4 is 11.8 Å². The standard InChI is InChI=1S/C13H22N2S/c1-4-10(2)9-16-13-12(8-11(3)14)6-5-7-15-13/h5-7,10-11H,4,8-9,14H2,1-3H3. The number of nitrogens with two attached hydrogens (primary N) is 1. The molecule has 1 aromatic heterocycles. The number of rotatable bonds is 6. The van der Waals surface area contributed by atoms with Gasteiger partial charge in [0.05, 0.1) is 5.03 Å². The Morgan fingerprint density at radius 2 is 2.19 bits per heavy atom. The van der Waals surface area contributed by atoms with Crippen LogP contribution in [0, 0.1) is 5.92 Å². The molecule has 90 valence electrons. The molecule has 16 heavy (non-hydrogen) atoms. The maximum absolute atomic E-state index is 5.84. The quantitative estimate of drug-likeness (QED) is 0.774. The van der Waals surface area contributed by atoms with Gasteiger partial charge in [0.1, 0.15) is 0 Å². The fraction of sp³-hybridized carbons (Fsp3) is 0.615. The molecule has 0 aromatic carbocycles. The Kier molecular flexibility index (Phi) is 5.85. The SMILES string of the molecule is CCC(C)CSc1ncccc1CC(C)N. The average molecular weight is 238 g/mol. The van der Waals surface area contributed by atoms with E-state index < -0.39 is 0 Å². The number of hydrogen-bond acceptors (Lipinski definition) is 3. The number of nitrogens with zero attached hydrogens (tertiary/aromatic N) is 1. The van der Waals surface area contributed by atoms with Crippen molar-refractivity contribution in [2.75, 3.05) is 5.75 Å². The first-order valence-electron chi connectivity index (χ1n) is 5.95. The first-order valence-corrected chi connectivity index (χ1v) is 6.94. The lowest BCUT2D eigenvalue weighted by atomic mass is 10.1. The summed E-state index contributed by atoms with van der Waals surface area (Å²) in [5.74, 6) is 1.88. The Balaban J connectivity index is 2.63. The zero-order chi connectivity index (χ0) is 12.0. The highest BCUT2D eigenvalue weighted by molar-refractivity contribution is 7.99. The summed E-state index contributed by atoms with van der Waals surface area (Å²) in [6.45, 7) is 6.55. The molecule has 0 radical (unpaired) electrons. The van der Waals surface area contributed by atoms with Crippen LogP contribution >= 0.6 is 11.8 Å². The van der Waals surface area contributed by atoms with Crippen LogP contribution in [0.1, 0.15) is 32.8 Å². The largest absolute Gasteiger partial charge is 0.328 e. The van der Waals surface area contributed by atoms with Crippen molar-refractivity contribution in [3.63, 3.8) is 0 Å². The van der Waals surface area contributed by atoms with Gasteiger partial charge in [-0.05, 0) is 30.9 Å². The van der Waals surface area contributed by atoms with Gasteiger partial charge in [0.15, 0.2) is 0 Å². The maximum atomic E-state index is 5.84. The smallest absolute Gasteiger partial charge is 0.0992 e. The van der Waals surface area contributed by atoms with Crippen LogP contribution < -0.4 is 5.73 Å². The minimum atomic E-state index is 0.201. The van der Waals surface area contributed by atoms with Crippen LogP contribution in [-0.2, 0) is 6.42 Å². The van der Waals surface area contributed by atoms with Crippen LogP contribution in [0.4, 0.5) is 0 Å². The molecule has 1 aromatic rings. The Labute approximate surface area is 103 Å². The molecular weight excluding hydrogens is 216 g/mol. The molecule has 2 unspecified atom stereocenters. The molecule has 0 aliphatic heterocycles. The van der Waals surface area contributed by atoms with Crippen molar-refractivity contribution in [2.45, 2.75) is 44.7 Å². The molecule has 1 heterocycles. The molecule has 2 nitrogen and oxygen atoms in total. The van der Waals surface area contributed by atoms with E-state index in [-0.39, 0.29) is 6.04 Å².